The Morgan fingerprint density at radius 2 is 2.17 bits per heavy atom. The molecule has 1 unspecified atom stereocenters. The maximum atomic E-state index is 5.07. The highest BCUT2D eigenvalue weighted by atomic mass is 127. The molecule has 0 saturated heterocycles. The van der Waals surface area contributed by atoms with E-state index in [0.29, 0.717) is 5.92 Å². The SMILES string of the molecule is CN=C(NCCN(C)CCOC)NCC(C)Cc1cccs1.I. The zero-order chi connectivity index (χ0) is 16.2. The summed E-state index contributed by atoms with van der Waals surface area (Å²) in [5.41, 5.74) is 0. The standard InChI is InChI=1S/C16H30N4OS.HI/c1-14(12-15-6-5-11-22-15)13-19-16(17-2)18-7-8-20(3)9-10-21-4;/h5-6,11,14H,7-10,12-13H2,1-4H3,(H2,17,18,19);1H. The molecule has 0 amide bonds. The van der Waals surface area contributed by atoms with Crippen molar-refractivity contribution in [3.05, 3.63) is 22.4 Å². The third-order valence-electron chi connectivity index (χ3n) is 3.43. The number of rotatable bonds is 10. The maximum absolute atomic E-state index is 5.07. The number of halogens is 1. The van der Waals surface area contributed by atoms with Crippen LogP contribution in [0.15, 0.2) is 22.5 Å². The summed E-state index contributed by atoms with van der Waals surface area (Å²) in [5.74, 6) is 1.46. The van der Waals surface area contributed by atoms with Gasteiger partial charge in [0, 0.05) is 45.2 Å². The molecule has 23 heavy (non-hydrogen) atoms. The number of hydrogen-bond donors (Lipinski definition) is 2. The number of hydrogen-bond acceptors (Lipinski definition) is 4. The number of thiophene rings is 1. The lowest BCUT2D eigenvalue weighted by atomic mass is 10.1. The molecule has 1 aromatic rings. The Balaban J connectivity index is 0.00000484. The van der Waals surface area contributed by atoms with Crippen molar-refractivity contribution >= 4 is 41.3 Å². The van der Waals surface area contributed by atoms with E-state index in [1.165, 1.54) is 4.88 Å². The summed E-state index contributed by atoms with van der Waals surface area (Å²) < 4.78 is 5.07. The van der Waals surface area contributed by atoms with E-state index in [-0.39, 0.29) is 24.0 Å². The fourth-order valence-corrected chi connectivity index (χ4v) is 2.93. The average Bonchev–Trinajstić information content (AvgIpc) is 3.01. The summed E-state index contributed by atoms with van der Waals surface area (Å²) >= 11 is 1.83. The molecule has 0 bridgehead atoms. The van der Waals surface area contributed by atoms with Crippen molar-refractivity contribution in [3.8, 4) is 0 Å². The van der Waals surface area contributed by atoms with Crippen LogP contribution in [0.1, 0.15) is 11.8 Å². The van der Waals surface area contributed by atoms with Crippen LogP contribution in [0, 0.1) is 5.92 Å². The van der Waals surface area contributed by atoms with Crippen molar-refractivity contribution in [2.75, 3.05) is 54.0 Å². The summed E-state index contributed by atoms with van der Waals surface area (Å²) in [6.45, 7) is 6.75. The molecule has 0 spiro atoms. The summed E-state index contributed by atoms with van der Waals surface area (Å²) in [4.78, 5) is 7.95. The van der Waals surface area contributed by atoms with Crippen LogP contribution in [0.4, 0.5) is 0 Å². The maximum Gasteiger partial charge on any atom is 0.191 e. The van der Waals surface area contributed by atoms with Crippen LogP contribution < -0.4 is 10.6 Å². The summed E-state index contributed by atoms with van der Waals surface area (Å²) in [7, 11) is 5.64. The molecule has 1 aromatic heterocycles. The molecule has 0 aromatic carbocycles. The second kappa shape index (κ2) is 14.0. The lowest BCUT2D eigenvalue weighted by Crippen LogP contribution is -2.42. The molecule has 1 atom stereocenters. The first-order valence-corrected chi connectivity index (χ1v) is 8.68. The first-order chi connectivity index (χ1) is 10.7. The van der Waals surface area contributed by atoms with Gasteiger partial charge in [0.1, 0.15) is 0 Å². The van der Waals surface area contributed by atoms with Crippen molar-refractivity contribution in [2.45, 2.75) is 13.3 Å². The Morgan fingerprint density at radius 3 is 2.78 bits per heavy atom. The Labute approximate surface area is 161 Å². The van der Waals surface area contributed by atoms with E-state index in [4.69, 9.17) is 4.74 Å². The van der Waals surface area contributed by atoms with Gasteiger partial charge in [0.05, 0.1) is 6.61 Å². The second-order valence-electron chi connectivity index (χ2n) is 5.56. The van der Waals surface area contributed by atoms with Gasteiger partial charge in [-0.05, 0) is 30.8 Å². The third kappa shape index (κ3) is 10.9. The van der Waals surface area contributed by atoms with Crippen LogP contribution in [-0.4, -0.2) is 64.9 Å². The van der Waals surface area contributed by atoms with E-state index in [2.05, 4.69) is 52.0 Å². The van der Waals surface area contributed by atoms with Gasteiger partial charge in [-0.2, -0.15) is 0 Å². The highest BCUT2D eigenvalue weighted by Gasteiger charge is 2.06. The molecular formula is C16H31IN4OS. The zero-order valence-electron chi connectivity index (χ0n) is 14.7. The van der Waals surface area contributed by atoms with Gasteiger partial charge in [-0.25, -0.2) is 0 Å². The van der Waals surface area contributed by atoms with Crippen LogP contribution in [0.5, 0.6) is 0 Å². The van der Waals surface area contributed by atoms with E-state index in [1.807, 2.05) is 18.4 Å². The Kier molecular flexibility index (Phi) is 13.8. The predicted molar refractivity (Wildman–Crippen MR) is 111 cm³/mol. The number of methoxy groups -OCH3 is 1. The molecule has 0 radical (unpaired) electrons. The van der Waals surface area contributed by atoms with Crippen LogP contribution in [0.25, 0.3) is 0 Å². The lowest BCUT2D eigenvalue weighted by Gasteiger charge is -2.19. The highest BCUT2D eigenvalue weighted by molar-refractivity contribution is 14.0. The van der Waals surface area contributed by atoms with Gasteiger partial charge >= 0.3 is 0 Å². The van der Waals surface area contributed by atoms with Crippen molar-refractivity contribution in [1.82, 2.24) is 15.5 Å². The minimum atomic E-state index is 0. The molecule has 5 nitrogen and oxygen atoms in total. The van der Waals surface area contributed by atoms with E-state index in [1.54, 1.807) is 7.11 Å². The first-order valence-electron chi connectivity index (χ1n) is 7.80. The molecule has 0 aliphatic heterocycles. The smallest absolute Gasteiger partial charge is 0.191 e. The van der Waals surface area contributed by atoms with Crippen LogP contribution in [0.3, 0.4) is 0 Å². The molecule has 0 fully saturated rings. The average molecular weight is 454 g/mol. The van der Waals surface area contributed by atoms with Gasteiger partial charge < -0.3 is 20.3 Å². The van der Waals surface area contributed by atoms with E-state index in [0.717, 1.165) is 45.2 Å². The molecule has 2 N–H and O–H groups in total. The van der Waals surface area contributed by atoms with Gasteiger partial charge in [-0.3, -0.25) is 4.99 Å². The number of nitrogens with one attached hydrogen (secondary N) is 2. The van der Waals surface area contributed by atoms with E-state index in [9.17, 15) is 0 Å². The largest absolute Gasteiger partial charge is 0.383 e. The van der Waals surface area contributed by atoms with Gasteiger partial charge in [-0.15, -0.1) is 35.3 Å². The minimum absolute atomic E-state index is 0. The lowest BCUT2D eigenvalue weighted by molar-refractivity contribution is 0.162. The van der Waals surface area contributed by atoms with Crippen molar-refractivity contribution in [3.63, 3.8) is 0 Å². The Hall–Kier alpha value is -0.380. The number of ether oxygens (including phenoxy) is 1. The van der Waals surface area contributed by atoms with Crippen LogP contribution >= 0.6 is 35.3 Å². The highest BCUT2D eigenvalue weighted by Crippen LogP contribution is 2.13. The normalized spacial score (nSPS) is 12.8. The molecule has 0 aliphatic carbocycles. The summed E-state index contributed by atoms with van der Waals surface area (Å²) in [5, 5.41) is 8.88. The number of aliphatic imine (C=N–C) groups is 1. The van der Waals surface area contributed by atoms with E-state index < -0.39 is 0 Å². The molecule has 0 saturated carbocycles. The second-order valence-corrected chi connectivity index (χ2v) is 6.60. The third-order valence-corrected chi connectivity index (χ3v) is 4.33. The fourth-order valence-electron chi connectivity index (χ4n) is 2.06. The number of nitrogens with zero attached hydrogens (tertiary/aromatic N) is 2. The van der Waals surface area contributed by atoms with E-state index >= 15 is 0 Å². The van der Waals surface area contributed by atoms with Gasteiger partial charge in [0.2, 0.25) is 0 Å². The predicted octanol–water partition coefficient (Wildman–Crippen LogP) is 2.29. The quantitative estimate of drug-likeness (QED) is 0.324. The molecule has 1 rings (SSSR count). The van der Waals surface area contributed by atoms with Crippen LogP contribution in [0.2, 0.25) is 0 Å². The molecular weight excluding hydrogens is 423 g/mol. The molecule has 134 valence electrons. The van der Waals surface area contributed by atoms with Crippen LogP contribution in [-0.2, 0) is 11.2 Å². The van der Waals surface area contributed by atoms with Gasteiger partial charge in [-0.1, -0.05) is 13.0 Å². The van der Waals surface area contributed by atoms with Crippen molar-refractivity contribution < 1.29 is 4.74 Å². The van der Waals surface area contributed by atoms with Gasteiger partial charge in [0.25, 0.3) is 0 Å². The summed E-state index contributed by atoms with van der Waals surface area (Å²) in [6.07, 6.45) is 1.11. The number of guanidine groups is 1. The Morgan fingerprint density at radius 1 is 1.39 bits per heavy atom. The first kappa shape index (κ1) is 22.6. The minimum Gasteiger partial charge on any atom is -0.383 e. The van der Waals surface area contributed by atoms with Crippen molar-refractivity contribution in [1.29, 1.82) is 0 Å². The molecule has 0 aliphatic rings. The topological polar surface area (TPSA) is 48.9 Å². The Bertz CT molecular complexity index is 414. The monoisotopic (exact) mass is 454 g/mol. The zero-order valence-corrected chi connectivity index (χ0v) is 17.8. The summed E-state index contributed by atoms with van der Waals surface area (Å²) in [6, 6.07) is 4.31. The molecule has 7 heteroatoms. The number of likely N-dealkylation sites (N-methyl/N-ethyl adjacent to an activating group) is 1. The molecule has 1 heterocycles. The van der Waals surface area contributed by atoms with Gasteiger partial charge in [0.15, 0.2) is 5.96 Å². The fraction of sp³-hybridized carbons (Fsp3) is 0.688. The van der Waals surface area contributed by atoms with Crippen molar-refractivity contribution in [2.24, 2.45) is 10.9 Å².